The number of ether oxygens (including phenoxy) is 1. The first-order valence-electron chi connectivity index (χ1n) is 4.90. The molecule has 0 spiro atoms. The van der Waals surface area contributed by atoms with E-state index < -0.39 is 0 Å². The molecule has 1 heterocycles. The summed E-state index contributed by atoms with van der Waals surface area (Å²) in [4.78, 5) is 22.1. The van der Waals surface area contributed by atoms with Crippen molar-refractivity contribution in [2.45, 2.75) is 25.8 Å². The maximum Gasteiger partial charge on any atom is 0.324 e. The van der Waals surface area contributed by atoms with Crippen LogP contribution in [0.3, 0.4) is 0 Å². The lowest BCUT2D eigenvalue weighted by atomic mass is 10.2. The van der Waals surface area contributed by atoms with Gasteiger partial charge in [0.2, 0.25) is 5.91 Å². The van der Waals surface area contributed by atoms with Crippen molar-refractivity contribution in [1.82, 2.24) is 10.6 Å². The van der Waals surface area contributed by atoms with Crippen LogP contribution >= 0.6 is 0 Å². The van der Waals surface area contributed by atoms with Crippen molar-refractivity contribution in [2.24, 2.45) is 0 Å². The second-order valence-electron chi connectivity index (χ2n) is 3.26. The second kappa shape index (κ2) is 5.59. The summed E-state index contributed by atoms with van der Waals surface area (Å²) in [5.41, 5.74) is 0. The Balaban J connectivity index is 2.20. The molecule has 0 aliphatic carbocycles. The molecule has 5 heteroatoms. The van der Waals surface area contributed by atoms with E-state index in [-0.39, 0.29) is 24.5 Å². The molecule has 0 aromatic rings. The lowest BCUT2D eigenvalue weighted by Gasteiger charge is -2.22. The number of esters is 1. The van der Waals surface area contributed by atoms with Crippen molar-refractivity contribution in [2.75, 3.05) is 19.7 Å². The summed E-state index contributed by atoms with van der Waals surface area (Å²) in [6.07, 6.45) is 1.88. The number of piperazine rings is 1. The van der Waals surface area contributed by atoms with E-state index in [0.717, 1.165) is 12.8 Å². The van der Waals surface area contributed by atoms with Gasteiger partial charge >= 0.3 is 5.97 Å². The third-order valence-corrected chi connectivity index (χ3v) is 2.04. The predicted octanol–water partition coefficient (Wildman–Crippen LogP) is -0.582. The van der Waals surface area contributed by atoms with Crippen molar-refractivity contribution < 1.29 is 14.3 Å². The highest BCUT2D eigenvalue weighted by Crippen LogP contribution is 1.95. The Kier molecular flexibility index (Phi) is 4.39. The molecule has 0 saturated carbocycles. The van der Waals surface area contributed by atoms with Gasteiger partial charge in [-0.2, -0.15) is 0 Å². The highest BCUT2D eigenvalue weighted by Gasteiger charge is 2.24. The number of amides is 1. The predicted molar refractivity (Wildman–Crippen MR) is 50.7 cm³/mol. The Morgan fingerprint density at radius 3 is 3.00 bits per heavy atom. The van der Waals surface area contributed by atoms with E-state index in [9.17, 15) is 9.59 Å². The summed E-state index contributed by atoms with van der Waals surface area (Å²) in [6.45, 7) is 3.01. The van der Waals surface area contributed by atoms with Crippen LogP contribution in [0.2, 0.25) is 0 Å². The summed E-state index contributed by atoms with van der Waals surface area (Å²) in [7, 11) is 0. The molecule has 5 nitrogen and oxygen atoms in total. The van der Waals surface area contributed by atoms with Crippen LogP contribution in [0.1, 0.15) is 19.8 Å². The fourth-order valence-corrected chi connectivity index (χ4v) is 1.15. The van der Waals surface area contributed by atoms with Gasteiger partial charge in [0.25, 0.3) is 0 Å². The molecule has 1 aliphatic heterocycles. The molecule has 1 rings (SSSR count). The molecule has 1 amide bonds. The molecule has 0 aromatic carbocycles. The second-order valence-corrected chi connectivity index (χ2v) is 3.26. The third kappa shape index (κ3) is 3.33. The molecule has 80 valence electrons. The van der Waals surface area contributed by atoms with Crippen LogP contribution in [0.25, 0.3) is 0 Å². The van der Waals surface area contributed by atoms with Gasteiger partial charge in [-0.15, -0.1) is 0 Å². The number of unbranched alkanes of at least 4 members (excludes halogenated alkanes) is 1. The molecule has 1 atom stereocenters. The van der Waals surface area contributed by atoms with E-state index in [2.05, 4.69) is 10.6 Å². The smallest absolute Gasteiger partial charge is 0.324 e. The van der Waals surface area contributed by atoms with E-state index in [4.69, 9.17) is 4.74 Å². The largest absolute Gasteiger partial charge is 0.464 e. The fourth-order valence-electron chi connectivity index (χ4n) is 1.15. The molecule has 1 saturated heterocycles. The zero-order valence-corrected chi connectivity index (χ0v) is 8.34. The molecule has 14 heavy (non-hydrogen) atoms. The van der Waals surface area contributed by atoms with Gasteiger partial charge in [-0.3, -0.25) is 14.9 Å². The standard InChI is InChI=1S/C9H16N2O3/c1-2-3-4-14-9(13)7-5-11-8(12)6-10-7/h7,10H,2-6H2,1H3,(H,11,12). The minimum Gasteiger partial charge on any atom is -0.464 e. The Hall–Kier alpha value is -1.10. The number of hydrogen-bond donors (Lipinski definition) is 2. The van der Waals surface area contributed by atoms with E-state index in [1.54, 1.807) is 0 Å². The Bertz CT molecular complexity index is 208. The monoisotopic (exact) mass is 200 g/mol. The molecule has 0 aromatic heterocycles. The van der Waals surface area contributed by atoms with E-state index >= 15 is 0 Å². The average Bonchev–Trinajstić information content (AvgIpc) is 2.19. The lowest BCUT2D eigenvalue weighted by Crippen LogP contribution is -2.55. The Morgan fingerprint density at radius 1 is 1.64 bits per heavy atom. The summed E-state index contributed by atoms with van der Waals surface area (Å²) >= 11 is 0. The van der Waals surface area contributed by atoms with Crippen molar-refractivity contribution in [3.05, 3.63) is 0 Å². The summed E-state index contributed by atoms with van der Waals surface area (Å²) < 4.78 is 5.00. The van der Waals surface area contributed by atoms with Crippen molar-refractivity contribution in [3.8, 4) is 0 Å². The molecule has 1 fully saturated rings. The van der Waals surface area contributed by atoms with Gasteiger partial charge in [-0.05, 0) is 6.42 Å². The normalized spacial score (nSPS) is 21.5. The maximum atomic E-state index is 11.3. The minimum atomic E-state index is -0.385. The van der Waals surface area contributed by atoms with Crippen molar-refractivity contribution in [1.29, 1.82) is 0 Å². The van der Waals surface area contributed by atoms with Crippen LogP contribution in [-0.4, -0.2) is 37.6 Å². The van der Waals surface area contributed by atoms with Crippen LogP contribution in [0.4, 0.5) is 0 Å². The zero-order chi connectivity index (χ0) is 10.4. The van der Waals surface area contributed by atoms with Crippen LogP contribution in [0, 0.1) is 0 Å². The molecular formula is C9H16N2O3. The molecule has 0 radical (unpaired) electrons. The van der Waals surface area contributed by atoms with Crippen LogP contribution in [0.15, 0.2) is 0 Å². The first-order valence-corrected chi connectivity index (χ1v) is 4.90. The van der Waals surface area contributed by atoms with Gasteiger partial charge in [0, 0.05) is 6.54 Å². The average molecular weight is 200 g/mol. The van der Waals surface area contributed by atoms with Crippen molar-refractivity contribution >= 4 is 11.9 Å². The number of carbonyl (C=O) groups is 2. The summed E-state index contributed by atoms with van der Waals surface area (Å²) in [5, 5.41) is 5.41. The summed E-state index contributed by atoms with van der Waals surface area (Å²) in [5.74, 6) is -0.360. The quantitative estimate of drug-likeness (QED) is 0.470. The minimum absolute atomic E-state index is 0.0809. The van der Waals surface area contributed by atoms with E-state index in [1.165, 1.54) is 0 Å². The zero-order valence-electron chi connectivity index (χ0n) is 8.34. The first kappa shape index (κ1) is 11.0. The number of nitrogens with one attached hydrogen (secondary N) is 2. The van der Waals surface area contributed by atoms with Crippen molar-refractivity contribution in [3.63, 3.8) is 0 Å². The molecular weight excluding hydrogens is 184 g/mol. The lowest BCUT2D eigenvalue weighted by molar-refractivity contribution is -0.147. The van der Waals surface area contributed by atoms with Crippen LogP contribution in [-0.2, 0) is 14.3 Å². The molecule has 1 unspecified atom stereocenters. The number of hydrogen-bond acceptors (Lipinski definition) is 4. The molecule has 1 aliphatic rings. The maximum absolute atomic E-state index is 11.3. The van der Waals surface area contributed by atoms with Gasteiger partial charge in [0.15, 0.2) is 0 Å². The Labute approximate surface area is 83.2 Å². The summed E-state index contributed by atoms with van der Waals surface area (Å²) in [6, 6.07) is -0.385. The Morgan fingerprint density at radius 2 is 2.43 bits per heavy atom. The van der Waals surface area contributed by atoms with Crippen LogP contribution < -0.4 is 10.6 Å². The van der Waals surface area contributed by atoms with E-state index in [1.807, 2.05) is 6.92 Å². The molecule has 0 bridgehead atoms. The van der Waals surface area contributed by atoms with Gasteiger partial charge in [0.05, 0.1) is 13.2 Å². The van der Waals surface area contributed by atoms with Gasteiger partial charge in [0.1, 0.15) is 6.04 Å². The highest BCUT2D eigenvalue weighted by molar-refractivity contribution is 5.83. The third-order valence-electron chi connectivity index (χ3n) is 2.04. The van der Waals surface area contributed by atoms with Crippen LogP contribution in [0.5, 0.6) is 0 Å². The SMILES string of the molecule is CCCCOC(=O)C1CNC(=O)CN1. The number of carbonyl (C=O) groups excluding carboxylic acids is 2. The first-order chi connectivity index (χ1) is 6.74. The highest BCUT2D eigenvalue weighted by atomic mass is 16.5. The molecule has 2 N–H and O–H groups in total. The number of rotatable bonds is 4. The van der Waals surface area contributed by atoms with E-state index in [0.29, 0.717) is 13.2 Å². The van der Waals surface area contributed by atoms with Gasteiger partial charge in [-0.1, -0.05) is 13.3 Å². The fraction of sp³-hybridized carbons (Fsp3) is 0.778. The van der Waals surface area contributed by atoms with Gasteiger partial charge < -0.3 is 10.1 Å². The van der Waals surface area contributed by atoms with Gasteiger partial charge in [-0.25, -0.2) is 0 Å². The topological polar surface area (TPSA) is 67.4 Å².